The molecule has 4 aromatic carbocycles. The first-order valence-electron chi connectivity index (χ1n) is 10.3. The van der Waals surface area contributed by atoms with Crippen molar-refractivity contribution in [2.75, 3.05) is 0 Å². The summed E-state index contributed by atoms with van der Waals surface area (Å²) in [5.41, 5.74) is 0.0505. The zero-order chi connectivity index (χ0) is 21.6. The standard InChI is InChI=1S/C26H20F3NO/c27-26(28,29)19-13-18(15-30-20-8-5-9-20)25(31)23(14-19)24-21-10-3-1-6-16(21)12-17-7-2-4-11-22(17)24/h1-4,6-7,10-15,20,31H,5,8-9H2. The van der Waals surface area contributed by atoms with E-state index in [2.05, 4.69) is 4.99 Å². The molecular formula is C26H20F3NO. The van der Waals surface area contributed by atoms with Crippen molar-refractivity contribution in [2.24, 2.45) is 4.99 Å². The molecule has 31 heavy (non-hydrogen) atoms. The number of aromatic hydroxyl groups is 1. The van der Waals surface area contributed by atoms with Gasteiger partial charge in [0.05, 0.1) is 5.56 Å². The highest BCUT2D eigenvalue weighted by molar-refractivity contribution is 6.14. The number of alkyl halides is 3. The molecule has 2 nitrogen and oxygen atoms in total. The van der Waals surface area contributed by atoms with Crippen LogP contribution >= 0.6 is 0 Å². The number of rotatable bonds is 3. The maximum absolute atomic E-state index is 13.8. The van der Waals surface area contributed by atoms with Crippen molar-refractivity contribution in [3.8, 4) is 16.9 Å². The second-order valence-electron chi connectivity index (χ2n) is 8.02. The molecule has 0 heterocycles. The molecule has 1 fully saturated rings. The zero-order valence-corrected chi connectivity index (χ0v) is 16.7. The lowest BCUT2D eigenvalue weighted by molar-refractivity contribution is -0.137. The maximum atomic E-state index is 13.8. The van der Waals surface area contributed by atoms with Crippen LogP contribution in [-0.4, -0.2) is 17.4 Å². The Bertz CT molecular complexity index is 1270. The summed E-state index contributed by atoms with van der Waals surface area (Å²) < 4.78 is 41.3. The van der Waals surface area contributed by atoms with E-state index in [4.69, 9.17) is 0 Å². The van der Waals surface area contributed by atoms with Gasteiger partial charge in [0.1, 0.15) is 5.75 Å². The fourth-order valence-electron chi connectivity index (χ4n) is 4.13. The lowest BCUT2D eigenvalue weighted by Gasteiger charge is -2.21. The molecule has 0 unspecified atom stereocenters. The van der Waals surface area contributed by atoms with Gasteiger partial charge in [-0.3, -0.25) is 4.99 Å². The topological polar surface area (TPSA) is 32.6 Å². The molecule has 5 heteroatoms. The Labute approximate surface area is 177 Å². The molecule has 1 aliphatic rings. The highest BCUT2D eigenvalue weighted by atomic mass is 19.4. The first kappa shape index (κ1) is 19.6. The van der Waals surface area contributed by atoms with Gasteiger partial charge in [-0.25, -0.2) is 0 Å². The number of hydrogen-bond donors (Lipinski definition) is 1. The summed E-state index contributed by atoms with van der Waals surface area (Å²) in [5.74, 6) is -0.183. The van der Waals surface area contributed by atoms with Crippen LogP contribution in [0.3, 0.4) is 0 Å². The number of hydrogen-bond acceptors (Lipinski definition) is 2. The van der Waals surface area contributed by atoms with E-state index in [1.807, 2.05) is 54.6 Å². The molecule has 0 bridgehead atoms. The van der Waals surface area contributed by atoms with Gasteiger partial charge >= 0.3 is 6.18 Å². The Balaban J connectivity index is 1.83. The molecule has 0 aliphatic heterocycles. The summed E-state index contributed by atoms with van der Waals surface area (Å²) in [4.78, 5) is 4.39. The summed E-state index contributed by atoms with van der Waals surface area (Å²) in [6.07, 6.45) is -0.217. The molecule has 0 radical (unpaired) electrons. The van der Waals surface area contributed by atoms with Gasteiger partial charge in [0, 0.05) is 28.9 Å². The number of phenols is 1. The molecule has 5 rings (SSSR count). The lowest BCUT2D eigenvalue weighted by Crippen LogP contribution is -2.15. The fraction of sp³-hybridized carbons (Fsp3) is 0.192. The first-order valence-corrected chi connectivity index (χ1v) is 10.3. The van der Waals surface area contributed by atoms with Gasteiger partial charge in [-0.05, 0) is 59.0 Å². The summed E-state index contributed by atoms with van der Waals surface area (Å²) in [7, 11) is 0. The van der Waals surface area contributed by atoms with Gasteiger partial charge < -0.3 is 5.11 Å². The Hall–Kier alpha value is -3.34. The molecule has 1 aliphatic carbocycles. The lowest BCUT2D eigenvalue weighted by atomic mass is 9.89. The van der Waals surface area contributed by atoms with E-state index in [0.29, 0.717) is 5.56 Å². The molecule has 0 spiro atoms. The number of nitrogens with zero attached hydrogens (tertiary/aromatic N) is 1. The van der Waals surface area contributed by atoms with Gasteiger partial charge in [-0.2, -0.15) is 13.2 Å². The molecule has 4 aromatic rings. The third-order valence-electron chi connectivity index (χ3n) is 6.01. The minimum Gasteiger partial charge on any atom is -0.507 e. The smallest absolute Gasteiger partial charge is 0.416 e. The van der Waals surface area contributed by atoms with Crippen molar-refractivity contribution < 1.29 is 18.3 Å². The highest BCUT2D eigenvalue weighted by Crippen LogP contribution is 2.44. The van der Waals surface area contributed by atoms with Gasteiger partial charge in [-0.1, -0.05) is 48.5 Å². The Morgan fingerprint density at radius 1 is 0.871 bits per heavy atom. The minimum atomic E-state index is -4.54. The summed E-state index contributed by atoms with van der Waals surface area (Å²) in [6, 6.07) is 19.2. The third kappa shape index (κ3) is 3.54. The molecule has 0 aromatic heterocycles. The van der Waals surface area contributed by atoms with Gasteiger partial charge in [0.2, 0.25) is 0 Å². The van der Waals surface area contributed by atoms with Crippen LogP contribution in [-0.2, 0) is 6.18 Å². The maximum Gasteiger partial charge on any atom is 0.416 e. The normalized spacial score (nSPS) is 15.1. The molecule has 156 valence electrons. The fourth-order valence-corrected chi connectivity index (χ4v) is 4.13. The molecule has 0 saturated heterocycles. The second-order valence-corrected chi connectivity index (χ2v) is 8.02. The van der Waals surface area contributed by atoms with Crippen LogP contribution in [0.5, 0.6) is 5.75 Å². The van der Waals surface area contributed by atoms with E-state index in [-0.39, 0.29) is 22.9 Å². The van der Waals surface area contributed by atoms with Crippen LogP contribution in [0.4, 0.5) is 13.2 Å². The molecule has 0 amide bonds. The van der Waals surface area contributed by atoms with Gasteiger partial charge in [0.15, 0.2) is 0 Å². The number of fused-ring (bicyclic) bond motifs is 2. The van der Waals surface area contributed by atoms with Crippen LogP contribution in [0.15, 0.2) is 71.7 Å². The Kier molecular flexibility index (Phi) is 4.69. The van der Waals surface area contributed by atoms with Crippen LogP contribution in [0.1, 0.15) is 30.4 Å². The number of halogens is 3. The SMILES string of the molecule is Oc1c(C=NC2CCC2)cc(C(F)(F)F)cc1-c1c2ccccc2cc2ccccc12. The van der Waals surface area contributed by atoms with Crippen molar-refractivity contribution in [2.45, 2.75) is 31.5 Å². The predicted molar refractivity (Wildman–Crippen MR) is 119 cm³/mol. The van der Waals surface area contributed by atoms with E-state index in [1.165, 1.54) is 6.21 Å². The monoisotopic (exact) mass is 419 g/mol. The average Bonchev–Trinajstić information content (AvgIpc) is 2.71. The molecule has 1 saturated carbocycles. The van der Waals surface area contributed by atoms with Crippen molar-refractivity contribution >= 4 is 27.8 Å². The summed E-state index contributed by atoms with van der Waals surface area (Å²) in [5, 5.41) is 14.5. The van der Waals surface area contributed by atoms with Crippen LogP contribution < -0.4 is 0 Å². The quantitative estimate of drug-likeness (QED) is 0.273. The van der Waals surface area contributed by atoms with Crippen molar-refractivity contribution in [3.63, 3.8) is 0 Å². The molecular weight excluding hydrogens is 399 g/mol. The predicted octanol–water partition coefficient (Wildman–Crippen LogP) is 7.36. The van der Waals surface area contributed by atoms with Crippen LogP contribution in [0.2, 0.25) is 0 Å². The van der Waals surface area contributed by atoms with E-state index in [0.717, 1.165) is 52.9 Å². The number of phenolic OH excluding ortho intramolecular Hbond substituents is 1. The van der Waals surface area contributed by atoms with Crippen molar-refractivity contribution in [1.82, 2.24) is 0 Å². The Morgan fingerprint density at radius 2 is 1.48 bits per heavy atom. The average molecular weight is 419 g/mol. The molecule has 1 N–H and O–H groups in total. The van der Waals surface area contributed by atoms with E-state index < -0.39 is 11.7 Å². The van der Waals surface area contributed by atoms with Crippen molar-refractivity contribution in [3.05, 3.63) is 77.9 Å². The minimum absolute atomic E-state index is 0.0914. The summed E-state index contributed by atoms with van der Waals surface area (Å²) in [6.45, 7) is 0. The van der Waals surface area contributed by atoms with Crippen LogP contribution in [0.25, 0.3) is 32.7 Å². The molecule has 0 atom stereocenters. The van der Waals surface area contributed by atoms with E-state index in [9.17, 15) is 18.3 Å². The van der Waals surface area contributed by atoms with Crippen LogP contribution in [0, 0.1) is 0 Å². The number of aliphatic imine (C=N–C) groups is 1. The van der Waals surface area contributed by atoms with Crippen molar-refractivity contribution in [1.29, 1.82) is 0 Å². The van der Waals surface area contributed by atoms with Gasteiger partial charge in [0.25, 0.3) is 0 Å². The Morgan fingerprint density at radius 3 is 2.03 bits per heavy atom. The third-order valence-corrected chi connectivity index (χ3v) is 6.01. The second kappa shape index (κ2) is 7.41. The largest absolute Gasteiger partial charge is 0.507 e. The number of benzene rings is 4. The highest BCUT2D eigenvalue weighted by Gasteiger charge is 2.33. The van der Waals surface area contributed by atoms with Gasteiger partial charge in [-0.15, -0.1) is 0 Å². The zero-order valence-electron chi connectivity index (χ0n) is 16.7. The summed E-state index contributed by atoms with van der Waals surface area (Å²) >= 11 is 0. The van der Waals surface area contributed by atoms with E-state index in [1.54, 1.807) is 0 Å². The van der Waals surface area contributed by atoms with E-state index >= 15 is 0 Å². The first-order chi connectivity index (χ1) is 14.9.